The van der Waals surface area contributed by atoms with Crippen molar-refractivity contribution in [2.75, 3.05) is 41.8 Å². The number of benzene rings is 1. The van der Waals surface area contributed by atoms with Crippen LogP contribution in [0.25, 0.3) is 11.5 Å². The summed E-state index contributed by atoms with van der Waals surface area (Å²) in [6, 6.07) is 13.7. The molecule has 5 rings (SSSR count). The third-order valence-corrected chi connectivity index (χ3v) is 4.68. The Kier molecular flexibility index (Phi) is 4.96. The fourth-order valence-corrected chi connectivity index (χ4v) is 3.18. The summed E-state index contributed by atoms with van der Waals surface area (Å²) in [6.45, 7) is 3.34. The second-order valence-electron chi connectivity index (χ2n) is 6.67. The van der Waals surface area contributed by atoms with Crippen LogP contribution in [0.4, 0.5) is 29.1 Å². The van der Waals surface area contributed by atoms with Gasteiger partial charge in [-0.15, -0.1) is 0 Å². The second-order valence-corrected chi connectivity index (χ2v) is 6.67. The number of furan rings is 1. The molecule has 4 aromatic rings. The molecule has 1 fully saturated rings. The average molecular weight is 404 g/mol. The number of hydrogen-bond donors (Lipinski definition) is 3. The number of morpholine rings is 1. The van der Waals surface area contributed by atoms with Crippen LogP contribution in [-0.4, -0.2) is 51.5 Å². The molecule has 0 aliphatic carbocycles. The van der Waals surface area contributed by atoms with E-state index in [1.54, 1.807) is 6.26 Å². The summed E-state index contributed by atoms with van der Waals surface area (Å²) in [7, 11) is 0. The smallest absolute Gasteiger partial charge is 0.233 e. The summed E-state index contributed by atoms with van der Waals surface area (Å²) in [5.41, 5.74) is 2.83. The molecule has 1 aliphatic heterocycles. The quantitative estimate of drug-likeness (QED) is 0.445. The first kappa shape index (κ1) is 18.1. The highest BCUT2D eigenvalue weighted by Crippen LogP contribution is 2.23. The zero-order chi connectivity index (χ0) is 20.2. The van der Waals surface area contributed by atoms with E-state index in [-0.39, 0.29) is 0 Å². The maximum Gasteiger partial charge on any atom is 0.233 e. The number of rotatable bonds is 6. The van der Waals surface area contributed by atoms with Gasteiger partial charge >= 0.3 is 0 Å². The van der Waals surface area contributed by atoms with Crippen LogP contribution in [0.3, 0.4) is 0 Å². The first-order chi connectivity index (χ1) is 14.8. The van der Waals surface area contributed by atoms with Gasteiger partial charge in [-0.1, -0.05) is 0 Å². The topological polar surface area (TPSA) is 117 Å². The Morgan fingerprint density at radius 3 is 2.53 bits per heavy atom. The third-order valence-electron chi connectivity index (χ3n) is 4.68. The molecule has 1 aliphatic rings. The Balaban J connectivity index is 1.25. The van der Waals surface area contributed by atoms with E-state index in [4.69, 9.17) is 9.15 Å². The van der Waals surface area contributed by atoms with E-state index in [1.807, 2.05) is 30.3 Å². The highest BCUT2D eigenvalue weighted by Gasteiger charge is 2.11. The van der Waals surface area contributed by atoms with Crippen molar-refractivity contribution in [2.45, 2.75) is 0 Å². The Hall–Kier alpha value is -3.92. The zero-order valence-corrected chi connectivity index (χ0v) is 16.1. The Bertz CT molecular complexity index is 1090. The molecule has 0 amide bonds. The van der Waals surface area contributed by atoms with Crippen molar-refractivity contribution in [1.82, 2.24) is 25.1 Å². The maximum absolute atomic E-state index is 5.40. The van der Waals surface area contributed by atoms with E-state index < -0.39 is 0 Å². The fourth-order valence-electron chi connectivity index (χ4n) is 3.18. The number of anilines is 5. The molecule has 0 spiro atoms. The monoisotopic (exact) mass is 404 g/mol. The van der Waals surface area contributed by atoms with Crippen LogP contribution in [0.1, 0.15) is 0 Å². The summed E-state index contributed by atoms with van der Waals surface area (Å²) in [5, 5.41) is 13.4. The summed E-state index contributed by atoms with van der Waals surface area (Å²) in [4.78, 5) is 15.0. The maximum atomic E-state index is 5.40. The Morgan fingerprint density at radius 1 is 0.967 bits per heavy atom. The molecule has 30 heavy (non-hydrogen) atoms. The van der Waals surface area contributed by atoms with Gasteiger partial charge in [-0.05, 0) is 36.4 Å². The number of aromatic amines is 1. The third kappa shape index (κ3) is 4.08. The van der Waals surface area contributed by atoms with Gasteiger partial charge in [0.25, 0.3) is 0 Å². The van der Waals surface area contributed by atoms with Crippen LogP contribution in [0.2, 0.25) is 0 Å². The van der Waals surface area contributed by atoms with Crippen molar-refractivity contribution in [1.29, 1.82) is 0 Å². The molecule has 1 aromatic carbocycles. The van der Waals surface area contributed by atoms with E-state index in [1.165, 1.54) is 12.0 Å². The fraction of sp³-hybridized carbons (Fsp3) is 0.200. The number of ether oxygens (including phenoxy) is 1. The molecule has 0 radical (unpaired) electrons. The molecular formula is C20H20N8O2. The first-order valence-corrected chi connectivity index (χ1v) is 9.59. The van der Waals surface area contributed by atoms with Gasteiger partial charge in [0.05, 0.1) is 19.5 Å². The molecule has 10 nitrogen and oxygen atoms in total. The lowest BCUT2D eigenvalue weighted by atomic mass is 10.2. The summed E-state index contributed by atoms with van der Waals surface area (Å²) >= 11 is 0. The van der Waals surface area contributed by atoms with Crippen molar-refractivity contribution in [3.63, 3.8) is 0 Å². The molecular weight excluding hydrogens is 384 g/mol. The van der Waals surface area contributed by atoms with Crippen molar-refractivity contribution < 1.29 is 9.15 Å². The molecule has 4 heterocycles. The summed E-state index contributed by atoms with van der Waals surface area (Å²) in [6.07, 6.45) is 3.06. The molecule has 0 saturated carbocycles. The standard InChI is InChI=1S/C20H20N8O2/c1-2-17(30-9-1)16-12-18(27-26-16)24-20-22-13-21-19(25-20)23-14-3-5-15(6-4-14)28-7-10-29-11-8-28/h1-6,9,12-13H,7-8,10-11H2,(H3,21,22,23,24,25,26,27). The van der Waals surface area contributed by atoms with Gasteiger partial charge in [-0.2, -0.15) is 10.1 Å². The van der Waals surface area contributed by atoms with Gasteiger partial charge in [0.1, 0.15) is 12.0 Å². The summed E-state index contributed by atoms with van der Waals surface area (Å²) in [5.74, 6) is 2.10. The van der Waals surface area contributed by atoms with E-state index in [9.17, 15) is 0 Å². The average Bonchev–Trinajstić information content (AvgIpc) is 3.47. The molecule has 152 valence electrons. The van der Waals surface area contributed by atoms with Gasteiger partial charge in [0.15, 0.2) is 11.6 Å². The predicted octanol–water partition coefficient (Wildman–Crippen LogP) is 3.18. The van der Waals surface area contributed by atoms with E-state index >= 15 is 0 Å². The van der Waals surface area contributed by atoms with E-state index in [0.717, 1.165) is 37.7 Å². The number of nitrogens with zero attached hydrogens (tertiary/aromatic N) is 5. The summed E-state index contributed by atoms with van der Waals surface area (Å²) < 4.78 is 10.8. The minimum atomic E-state index is 0.384. The lowest BCUT2D eigenvalue weighted by Crippen LogP contribution is -2.36. The van der Waals surface area contributed by atoms with Gasteiger partial charge < -0.3 is 24.7 Å². The second kappa shape index (κ2) is 8.21. The minimum absolute atomic E-state index is 0.384. The largest absolute Gasteiger partial charge is 0.463 e. The highest BCUT2D eigenvalue weighted by atomic mass is 16.5. The van der Waals surface area contributed by atoms with Crippen molar-refractivity contribution >= 4 is 29.1 Å². The molecule has 0 unspecified atom stereocenters. The lowest BCUT2D eigenvalue weighted by molar-refractivity contribution is 0.122. The molecule has 10 heteroatoms. The number of aromatic nitrogens is 5. The normalized spacial score (nSPS) is 13.9. The van der Waals surface area contributed by atoms with Gasteiger partial charge in [0, 0.05) is 30.5 Å². The van der Waals surface area contributed by atoms with Gasteiger partial charge in [-0.25, -0.2) is 9.97 Å². The molecule has 1 saturated heterocycles. The SMILES string of the molecule is c1coc(-c2cc(Nc3ncnc(Nc4ccc(N5CCOCC5)cc4)n3)n[nH]2)c1. The van der Waals surface area contributed by atoms with Crippen LogP contribution in [0.5, 0.6) is 0 Å². The first-order valence-electron chi connectivity index (χ1n) is 9.59. The molecule has 3 aromatic heterocycles. The molecule has 0 bridgehead atoms. The Morgan fingerprint density at radius 2 is 1.77 bits per heavy atom. The van der Waals surface area contributed by atoms with Crippen LogP contribution < -0.4 is 15.5 Å². The molecule has 0 atom stereocenters. The van der Waals surface area contributed by atoms with E-state index in [0.29, 0.717) is 23.5 Å². The van der Waals surface area contributed by atoms with Crippen molar-refractivity contribution in [3.8, 4) is 11.5 Å². The molecule has 3 N–H and O–H groups in total. The van der Waals surface area contributed by atoms with Crippen molar-refractivity contribution in [3.05, 3.63) is 55.1 Å². The van der Waals surface area contributed by atoms with Crippen LogP contribution >= 0.6 is 0 Å². The van der Waals surface area contributed by atoms with Crippen LogP contribution in [0.15, 0.2) is 59.5 Å². The zero-order valence-electron chi connectivity index (χ0n) is 16.1. The number of H-pyrrole nitrogens is 1. The van der Waals surface area contributed by atoms with E-state index in [2.05, 4.69) is 52.8 Å². The van der Waals surface area contributed by atoms with Gasteiger partial charge in [0.2, 0.25) is 11.9 Å². The number of hydrogen-bond acceptors (Lipinski definition) is 9. The number of nitrogens with one attached hydrogen (secondary N) is 3. The minimum Gasteiger partial charge on any atom is -0.463 e. The Labute approximate surface area is 172 Å². The highest BCUT2D eigenvalue weighted by molar-refractivity contribution is 5.62. The van der Waals surface area contributed by atoms with Crippen molar-refractivity contribution in [2.24, 2.45) is 0 Å². The van der Waals surface area contributed by atoms with Gasteiger partial charge in [-0.3, -0.25) is 5.10 Å². The lowest BCUT2D eigenvalue weighted by Gasteiger charge is -2.28. The predicted molar refractivity (Wildman–Crippen MR) is 112 cm³/mol. The van der Waals surface area contributed by atoms with Crippen LogP contribution in [0, 0.1) is 0 Å². The van der Waals surface area contributed by atoms with Crippen LogP contribution in [-0.2, 0) is 4.74 Å².